The van der Waals surface area contributed by atoms with Gasteiger partial charge in [0, 0.05) is 15.9 Å². The molecule has 7 heteroatoms. The molecule has 0 bridgehead atoms. The van der Waals surface area contributed by atoms with Crippen molar-refractivity contribution in [2.24, 2.45) is 0 Å². The first-order valence-electron chi connectivity index (χ1n) is 5.38. The van der Waals surface area contributed by atoms with Crippen molar-refractivity contribution in [3.05, 3.63) is 15.9 Å². The second-order valence-electron chi connectivity index (χ2n) is 4.13. The normalized spacial score (nSPS) is 26.0. The first kappa shape index (κ1) is 13.8. The molecule has 1 N–H and O–H groups in total. The van der Waals surface area contributed by atoms with Crippen LogP contribution in [0.2, 0.25) is 0 Å². The Kier molecular flexibility index (Phi) is 4.52. The fourth-order valence-corrected chi connectivity index (χ4v) is 5.83. The molecule has 0 atom stereocenters. The molecule has 1 aromatic heterocycles. The third-order valence-corrected chi connectivity index (χ3v) is 7.43. The summed E-state index contributed by atoms with van der Waals surface area (Å²) in [5, 5.41) is 1.96. The summed E-state index contributed by atoms with van der Waals surface area (Å²) in [4.78, 5) is 0. The molecule has 3 nitrogen and oxygen atoms in total. The van der Waals surface area contributed by atoms with E-state index in [0.29, 0.717) is 8.68 Å². The average Bonchev–Trinajstić information content (AvgIpc) is 2.68. The maximum absolute atomic E-state index is 12.1. The van der Waals surface area contributed by atoms with Crippen molar-refractivity contribution in [2.75, 3.05) is 0 Å². The second-order valence-corrected chi connectivity index (χ2v) is 8.42. The van der Waals surface area contributed by atoms with E-state index in [1.807, 2.05) is 0 Å². The quantitative estimate of drug-likeness (QED) is 0.842. The highest BCUT2D eigenvalue weighted by atomic mass is 79.9. The lowest BCUT2D eigenvalue weighted by molar-refractivity contribution is 0.417. The van der Waals surface area contributed by atoms with Crippen LogP contribution in [0.5, 0.6) is 0 Å². The van der Waals surface area contributed by atoms with Crippen molar-refractivity contribution >= 4 is 48.9 Å². The SMILES string of the molecule is O=S(=O)(NC1CCC(Cl)CC1)c1sccc1Br. The van der Waals surface area contributed by atoms with Gasteiger partial charge in [0.05, 0.1) is 0 Å². The van der Waals surface area contributed by atoms with Gasteiger partial charge in [-0.3, -0.25) is 0 Å². The molecule has 0 amide bonds. The summed E-state index contributed by atoms with van der Waals surface area (Å²) in [6, 6.07) is 1.76. The number of halogens is 2. The summed E-state index contributed by atoms with van der Waals surface area (Å²) < 4.78 is 27.9. The summed E-state index contributed by atoms with van der Waals surface area (Å²) in [7, 11) is -3.39. The molecule has 17 heavy (non-hydrogen) atoms. The molecule has 0 saturated heterocycles. The van der Waals surface area contributed by atoms with Crippen LogP contribution in [0.4, 0.5) is 0 Å². The zero-order valence-corrected chi connectivity index (χ0v) is 13.0. The summed E-state index contributed by atoms with van der Waals surface area (Å²) in [5.74, 6) is 0. The highest BCUT2D eigenvalue weighted by molar-refractivity contribution is 9.10. The van der Waals surface area contributed by atoms with E-state index in [1.54, 1.807) is 11.4 Å². The standard InChI is InChI=1S/C10H13BrClNO2S2/c11-9-5-6-16-10(9)17(14,15)13-8-3-1-7(12)2-4-8/h5-8,13H,1-4H2. The van der Waals surface area contributed by atoms with Crippen LogP contribution in [0.15, 0.2) is 20.1 Å². The van der Waals surface area contributed by atoms with E-state index in [9.17, 15) is 8.42 Å². The van der Waals surface area contributed by atoms with Gasteiger partial charge in [-0.1, -0.05) is 0 Å². The number of hydrogen-bond acceptors (Lipinski definition) is 3. The Morgan fingerprint density at radius 3 is 2.53 bits per heavy atom. The molecule has 1 aromatic rings. The largest absolute Gasteiger partial charge is 0.251 e. The number of alkyl halides is 1. The van der Waals surface area contributed by atoms with Gasteiger partial charge in [0.25, 0.3) is 10.0 Å². The average molecular weight is 359 g/mol. The summed E-state index contributed by atoms with van der Waals surface area (Å²) >= 11 is 10.5. The van der Waals surface area contributed by atoms with Crippen LogP contribution in [0.1, 0.15) is 25.7 Å². The number of thiophene rings is 1. The molecule has 0 aromatic carbocycles. The van der Waals surface area contributed by atoms with Gasteiger partial charge in [0.15, 0.2) is 0 Å². The fourth-order valence-electron chi connectivity index (χ4n) is 1.92. The van der Waals surface area contributed by atoms with E-state index in [1.165, 1.54) is 11.3 Å². The van der Waals surface area contributed by atoms with E-state index < -0.39 is 10.0 Å². The smallest absolute Gasteiger partial charge is 0.207 e. The van der Waals surface area contributed by atoms with Crippen molar-refractivity contribution in [3.8, 4) is 0 Å². The van der Waals surface area contributed by atoms with Gasteiger partial charge in [0.1, 0.15) is 4.21 Å². The van der Waals surface area contributed by atoms with Crippen LogP contribution < -0.4 is 4.72 Å². The van der Waals surface area contributed by atoms with E-state index in [2.05, 4.69) is 20.7 Å². The van der Waals surface area contributed by atoms with Crippen LogP contribution >= 0.6 is 38.9 Å². The lowest BCUT2D eigenvalue weighted by Gasteiger charge is -2.25. The van der Waals surface area contributed by atoms with Gasteiger partial charge >= 0.3 is 0 Å². The molecule has 1 saturated carbocycles. The Balaban J connectivity index is 2.06. The predicted octanol–water partition coefficient (Wildman–Crippen LogP) is 3.34. The first-order chi connectivity index (χ1) is 7.99. The van der Waals surface area contributed by atoms with Crippen LogP contribution in [0.3, 0.4) is 0 Å². The Labute approximate surface area is 119 Å². The number of sulfonamides is 1. The number of nitrogens with one attached hydrogen (secondary N) is 1. The molecule has 1 aliphatic rings. The van der Waals surface area contributed by atoms with Crippen LogP contribution in [-0.2, 0) is 10.0 Å². The van der Waals surface area contributed by atoms with Gasteiger partial charge < -0.3 is 0 Å². The molecular weight excluding hydrogens is 346 g/mol. The molecule has 96 valence electrons. The van der Waals surface area contributed by atoms with Gasteiger partial charge in [-0.2, -0.15) is 0 Å². The van der Waals surface area contributed by atoms with E-state index in [4.69, 9.17) is 11.6 Å². The monoisotopic (exact) mass is 357 g/mol. The van der Waals surface area contributed by atoms with Gasteiger partial charge in [-0.05, 0) is 53.1 Å². The number of hydrogen-bond donors (Lipinski definition) is 1. The minimum Gasteiger partial charge on any atom is -0.207 e. The minimum atomic E-state index is -3.39. The van der Waals surface area contributed by atoms with Gasteiger partial charge in [-0.25, -0.2) is 13.1 Å². The maximum Gasteiger partial charge on any atom is 0.251 e. The summed E-state index contributed by atoms with van der Waals surface area (Å²) in [5.41, 5.74) is 0. The topological polar surface area (TPSA) is 46.2 Å². The highest BCUT2D eigenvalue weighted by Crippen LogP contribution is 2.29. The van der Waals surface area contributed by atoms with Crippen molar-refractivity contribution < 1.29 is 8.42 Å². The van der Waals surface area contributed by atoms with Crippen molar-refractivity contribution in [1.29, 1.82) is 0 Å². The van der Waals surface area contributed by atoms with Gasteiger partial charge in [-0.15, -0.1) is 22.9 Å². The van der Waals surface area contributed by atoms with Crippen LogP contribution in [-0.4, -0.2) is 19.8 Å². The minimum absolute atomic E-state index is 0.0176. The highest BCUT2D eigenvalue weighted by Gasteiger charge is 2.26. The Hall–Kier alpha value is 0.380. The summed E-state index contributed by atoms with van der Waals surface area (Å²) in [6.07, 6.45) is 3.38. The lowest BCUT2D eigenvalue weighted by Crippen LogP contribution is -2.37. The zero-order chi connectivity index (χ0) is 12.5. The maximum atomic E-state index is 12.1. The van der Waals surface area contributed by atoms with Crippen molar-refractivity contribution in [2.45, 2.75) is 41.3 Å². The van der Waals surface area contributed by atoms with E-state index >= 15 is 0 Å². The molecule has 1 fully saturated rings. The molecule has 0 spiro atoms. The molecule has 1 heterocycles. The molecule has 2 rings (SSSR count). The third-order valence-electron chi connectivity index (χ3n) is 2.81. The van der Waals surface area contributed by atoms with Gasteiger partial charge in [0.2, 0.25) is 0 Å². The molecule has 0 radical (unpaired) electrons. The fraction of sp³-hybridized carbons (Fsp3) is 0.600. The molecule has 0 unspecified atom stereocenters. The molecule has 0 aliphatic heterocycles. The van der Waals surface area contributed by atoms with E-state index in [-0.39, 0.29) is 11.4 Å². The van der Waals surface area contributed by atoms with Crippen molar-refractivity contribution in [3.63, 3.8) is 0 Å². The van der Waals surface area contributed by atoms with Crippen molar-refractivity contribution in [1.82, 2.24) is 4.72 Å². The first-order valence-corrected chi connectivity index (χ1v) is 8.97. The molecular formula is C10H13BrClNO2S2. The van der Waals surface area contributed by atoms with Crippen LogP contribution in [0.25, 0.3) is 0 Å². The third kappa shape index (κ3) is 3.44. The Morgan fingerprint density at radius 1 is 1.35 bits per heavy atom. The second kappa shape index (κ2) is 5.57. The van der Waals surface area contributed by atoms with Crippen LogP contribution in [0, 0.1) is 0 Å². The summed E-state index contributed by atoms with van der Waals surface area (Å²) in [6.45, 7) is 0. The number of rotatable bonds is 3. The zero-order valence-electron chi connectivity index (χ0n) is 9.03. The van der Waals surface area contributed by atoms with E-state index in [0.717, 1.165) is 25.7 Å². The lowest BCUT2D eigenvalue weighted by atomic mass is 9.96. The molecule has 1 aliphatic carbocycles. The Bertz CT molecular complexity index is 480. The Morgan fingerprint density at radius 2 is 2.00 bits per heavy atom. The predicted molar refractivity (Wildman–Crippen MR) is 74.2 cm³/mol.